The van der Waals surface area contributed by atoms with Crippen LogP contribution in [0.15, 0.2) is 0 Å². The Balaban J connectivity index is 3.25. The number of hydrogen-bond donors (Lipinski definition) is 2. The lowest BCUT2D eigenvalue weighted by molar-refractivity contribution is 0.0686. The maximum Gasteiger partial charge on any atom is 0.343 e. The number of aromatic carboxylic acids is 1. The molecule has 0 bridgehead atoms. The van der Waals surface area contributed by atoms with Gasteiger partial charge in [0.05, 0.1) is 19.8 Å². The Bertz CT molecular complexity index is 716. The van der Waals surface area contributed by atoms with Gasteiger partial charge < -0.3 is 24.4 Å². The molecule has 0 aliphatic rings. The number of aromatic hydroxyl groups is 1. The molecule has 0 radical (unpaired) electrons. The van der Waals surface area contributed by atoms with Gasteiger partial charge in [-0.25, -0.2) is 4.79 Å². The average molecular weight is 495 g/mol. The fourth-order valence-corrected chi connectivity index (χ4v) is 4.14. The maximum absolute atomic E-state index is 12.2. The molecule has 0 atom stereocenters. The Morgan fingerprint density at radius 3 is 1.63 bits per heavy atom. The van der Waals surface area contributed by atoms with Gasteiger partial charge >= 0.3 is 5.97 Å². The predicted molar refractivity (Wildman–Crippen MR) is 143 cm³/mol. The fourth-order valence-electron chi connectivity index (χ4n) is 4.14. The van der Waals surface area contributed by atoms with Crippen molar-refractivity contribution in [2.75, 3.05) is 19.8 Å². The van der Waals surface area contributed by atoms with E-state index in [-0.39, 0.29) is 22.8 Å². The number of unbranched alkanes of at least 4 members (excludes halogenated alkanes) is 10. The highest BCUT2D eigenvalue weighted by Gasteiger charge is 2.31. The van der Waals surface area contributed by atoms with Crippen LogP contribution in [-0.2, 0) is 6.42 Å². The summed E-state index contributed by atoms with van der Waals surface area (Å²) in [5.74, 6) is -0.801. The molecule has 6 heteroatoms. The van der Waals surface area contributed by atoms with Crippen molar-refractivity contribution in [2.45, 2.75) is 124 Å². The fraction of sp³-hybridized carbons (Fsp3) is 0.759. The van der Waals surface area contributed by atoms with E-state index in [4.69, 9.17) is 14.2 Å². The molecule has 0 saturated heterocycles. The Kier molecular flexibility index (Phi) is 16.9. The van der Waals surface area contributed by atoms with Gasteiger partial charge in [-0.05, 0) is 32.1 Å². The first-order valence-corrected chi connectivity index (χ1v) is 14.1. The number of carboxylic acids is 1. The molecule has 0 unspecified atom stereocenters. The zero-order valence-corrected chi connectivity index (χ0v) is 22.8. The third kappa shape index (κ3) is 11.0. The van der Waals surface area contributed by atoms with E-state index in [9.17, 15) is 15.0 Å². The van der Waals surface area contributed by atoms with Gasteiger partial charge in [-0.3, -0.25) is 0 Å². The highest BCUT2D eigenvalue weighted by atomic mass is 16.5. The van der Waals surface area contributed by atoms with E-state index >= 15 is 0 Å². The van der Waals surface area contributed by atoms with Crippen molar-refractivity contribution in [1.82, 2.24) is 0 Å². The molecule has 1 aromatic carbocycles. The van der Waals surface area contributed by atoms with Crippen molar-refractivity contribution in [3.05, 3.63) is 11.1 Å². The molecule has 0 aliphatic carbocycles. The zero-order valence-electron chi connectivity index (χ0n) is 22.8. The van der Waals surface area contributed by atoms with E-state index in [0.717, 1.165) is 56.9 Å². The molecule has 0 spiro atoms. The topological polar surface area (TPSA) is 85.2 Å². The molecule has 0 heterocycles. The number of benzene rings is 1. The first-order chi connectivity index (χ1) is 17.0. The van der Waals surface area contributed by atoms with Crippen molar-refractivity contribution < 1.29 is 29.2 Å². The second kappa shape index (κ2) is 19.1. The van der Waals surface area contributed by atoms with E-state index in [1.54, 1.807) is 0 Å². The van der Waals surface area contributed by atoms with Crippen molar-refractivity contribution in [3.8, 4) is 23.0 Å². The van der Waals surface area contributed by atoms with Gasteiger partial charge in [0.15, 0.2) is 28.6 Å². The van der Waals surface area contributed by atoms with Crippen molar-refractivity contribution in [3.63, 3.8) is 0 Å². The van der Waals surface area contributed by atoms with Crippen LogP contribution in [0.25, 0.3) is 0 Å². The van der Waals surface area contributed by atoms with Crippen LogP contribution in [0.5, 0.6) is 23.0 Å². The maximum atomic E-state index is 12.2. The van der Waals surface area contributed by atoms with Crippen LogP contribution in [-0.4, -0.2) is 36.0 Å². The number of phenols is 1. The predicted octanol–water partition coefficient (Wildman–Crippen LogP) is 8.31. The Morgan fingerprint density at radius 2 is 1.09 bits per heavy atom. The van der Waals surface area contributed by atoms with Crippen molar-refractivity contribution in [2.24, 2.45) is 0 Å². The van der Waals surface area contributed by atoms with Gasteiger partial charge in [0.25, 0.3) is 0 Å². The summed E-state index contributed by atoms with van der Waals surface area (Å²) in [6.45, 7) is 9.59. The van der Waals surface area contributed by atoms with Gasteiger partial charge in [-0.2, -0.15) is 0 Å². The lowest BCUT2D eigenvalue weighted by Crippen LogP contribution is -2.12. The van der Waals surface area contributed by atoms with Crippen LogP contribution in [0.3, 0.4) is 0 Å². The second-order valence-electron chi connectivity index (χ2n) is 9.33. The third-order valence-electron chi connectivity index (χ3n) is 6.07. The van der Waals surface area contributed by atoms with E-state index < -0.39 is 5.97 Å². The van der Waals surface area contributed by atoms with Crippen LogP contribution in [0.1, 0.15) is 134 Å². The summed E-state index contributed by atoms with van der Waals surface area (Å²) in [5.41, 5.74) is 0.461. The molecular weight excluding hydrogens is 444 g/mol. The number of hydrogen-bond acceptors (Lipinski definition) is 5. The summed E-state index contributed by atoms with van der Waals surface area (Å²) in [7, 11) is 0. The van der Waals surface area contributed by atoms with E-state index in [0.29, 0.717) is 32.0 Å². The SMILES string of the molecule is CCCCCCCCOc1c(O)c(C(=O)O)c(OCCC)c(OCCC)c1CCCCCCCC. The lowest BCUT2D eigenvalue weighted by atomic mass is 9.99. The first kappa shape index (κ1) is 30.9. The van der Waals surface area contributed by atoms with E-state index in [1.165, 1.54) is 38.5 Å². The quantitative estimate of drug-likeness (QED) is 0.158. The van der Waals surface area contributed by atoms with Crippen LogP contribution in [0, 0.1) is 0 Å². The molecule has 0 fully saturated rings. The zero-order chi connectivity index (χ0) is 25.9. The molecule has 0 amide bonds. The minimum atomic E-state index is -1.24. The number of carbonyl (C=O) groups is 1. The van der Waals surface area contributed by atoms with Gasteiger partial charge in [0.1, 0.15) is 0 Å². The molecule has 1 rings (SSSR count). The number of rotatable bonds is 22. The van der Waals surface area contributed by atoms with Gasteiger partial charge in [-0.15, -0.1) is 0 Å². The highest BCUT2D eigenvalue weighted by Crippen LogP contribution is 2.49. The van der Waals surface area contributed by atoms with Gasteiger partial charge in [0, 0.05) is 5.56 Å². The molecule has 2 N–H and O–H groups in total. The highest BCUT2D eigenvalue weighted by molar-refractivity contribution is 5.97. The van der Waals surface area contributed by atoms with Crippen LogP contribution >= 0.6 is 0 Å². The summed E-state index contributed by atoms with van der Waals surface area (Å²) in [6.07, 6.45) is 15.7. The molecule has 0 aromatic heterocycles. The largest absolute Gasteiger partial charge is 0.504 e. The van der Waals surface area contributed by atoms with Crippen LogP contribution in [0.2, 0.25) is 0 Å². The Labute approximate surface area is 213 Å². The molecule has 0 saturated carbocycles. The van der Waals surface area contributed by atoms with E-state index in [1.807, 2.05) is 13.8 Å². The van der Waals surface area contributed by atoms with Crippen LogP contribution in [0.4, 0.5) is 0 Å². The number of carboxylic acid groups (broad SMARTS) is 1. The third-order valence-corrected chi connectivity index (χ3v) is 6.07. The average Bonchev–Trinajstić information content (AvgIpc) is 2.84. The smallest absolute Gasteiger partial charge is 0.343 e. The standard InChI is InChI=1S/C29H50O6/c1-5-9-11-13-15-17-19-23-26(35-22-18-16-14-12-10-6-2)25(30)24(29(31)32)28(34-21-8-4)27(23)33-20-7-3/h30H,5-22H2,1-4H3,(H,31,32). The normalized spacial score (nSPS) is 11.0. The molecule has 35 heavy (non-hydrogen) atoms. The Morgan fingerprint density at radius 1 is 0.600 bits per heavy atom. The summed E-state index contributed by atoms with van der Waals surface area (Å²) >= 11 is 0. The molecular formula is C29H50O6. The molecule has 6 nitrogen and oxygen atoms in total. The Hall–Kier alpha value is -2.11. The minimum Gasteiger partial charge on any atom is -0.504 e. The van der Waals surface area contributed by atoms with Crippen molar-refractivity contribution in [1.29, 1.82) is 0 Å². The molecule has 202 valence electrons. The first-order valence-electron chi connectivity index (χ1n) is 14.1. The number of ether oxygens (including phenoxy) is 3. The van der Waals surface area contributed by atoms with Crippen LogP contribution < -0.4 is 14.2 Å². The summed E-state index contributed by atoms with van der Waals surface area (Å²) in [5, 5.41) is 21.0. The summed E-state index contributed by atoms with van der Waals surface area (Å²) in [4.78, 5) is 12.2. The van der Waals surface area contributed by atoms with E-state index in [2.05, 4.69) is 13.8 Å². The minimum absolute atomic E-state index is 0.123. The summed E-state index contributed by atoms with van der Waals surface area (Å²) in [6, 6.07) is 0. The molecule has 0 aliphatic heterocycles. The van der Waals surface area contributed by atoms with Gasteiger partial charge in [-0.1, -0.05) is 91.9 Å². The van der Waals surface area contributed by atoms with Gasteiger partial charge in [0.2, 0.25) is 0 Å². The molecule has 1 aromatic rings. The monoisotopic (exact) mass is 494 g/mol. The second-order valence-corrected chi connectivity index (χ2v) is 9.33. The van der Waals surface area contributed by atoms with Crippen molar-refractivity contribution >= 4 is 5.97 Å². The summed E-state index contributed by atoms with van der Waals surface area (Å²) < 4.78 is 18.1. The lowest BCUT2D eigenvalue weighted by Gasteiger charge is -2.23.